The molecule has 0 fully saturated rings. The fourth-order valence-corrected chi connectivity index (χ4v) is 3.18. The number of carbonyl (C=O) groups excluding carboxylic acids is 1. The Hall–Kier alpha value is -3.80. The summed E-state index contributed by atoms with van der Waals surface area (Å²) < 4.78 is 11.3. The highest BCUT2D eigenvalue weighted by molar-refractivity contribution is 6.04. The second-order valence-electron chi connectivity index (χ2n) is 7.07. The number of aromatic nitrogens is 1. The number of phenols is 1. The van der Waals surface area contributed by atoms with Gasteiger partial charge >= 0.3 is 0 Å². The van der Waals surface area contributed by atoms with E-state index < -0.39 is 0 Å². The maximum absolute atomic E-state index is 12.7. The Balaban J connectivity index is 1.64. The van der Waals surface area contributed by atoms with E-state index in [0.717, 1.165) is 16.6 Å². The Bertz CT molecular complexity index is 1200. The van der Waals surface area contributed by atoms with Crippen LogP contribution in [-0.2, 0) is 0 Å². The van der Waals surface area contributed by atoms with Gasteiger partial charge in [-0.25, -0.2) is 4.98 Å². The monoisotopic (exact) mass is 402 g/mol. The van der Waals surface area contributed by atoms with Gasteiger partial charge < -0.3 is 19.6 Å². The van der Waals surface area contributed by atoms with Gasteiger partial charge in [-0.1, -0.05) is 6.07 Å². The van der Waals surface area contributed by atoms with E-state index in [2.05, 4.69) is 10.3 Å². The fourth-order valence-electron chi connectivity index (χ4n) is 3.18. The standard InChI is InChI=1S/C24H22N2O4/c1-4-29-18-7-5-6-16(12-18)23(28)25-17-8-9-21(27)19(13-17)24-26-20-10-14(2)15(3)11-22(20)30-24/h5-13,27H,4H2,1-3H3,(H,25,28). The van der Waals surface area contributed by atoms with Crippen LogP contribution in [0.5, 0.6) is 11.5 Å². The first-order valence-corrected chi connectivity index (χ1v) is 9.70. The normalized spacial score (nSPS) is 10.9. The van der Waals surface area contributed by atoms with Crippen LogP contribution in [0.2, 0.25) is 0 Å². The SMILES string of the molecule is CCOc1cccc(C(=O)Nc2ccc(O)c(-c3nc4cc(C)c(C)cc4o3)c2)c1. The zero-order valence-electron chi connectivity index (χ0n) is 17.0. The molecule has 1 amide bonds. The molecule has 0 aliphatic rings. The van der Waals surface area contributed by atoms with Crippen molar-refractivity contribution in [1.29, 1.82) is 0 Å². The number of fused-ring (bicyclic) bond motifs is 1. The number of hydrogen-bond donors (Lipinski definition) is 2. The molecule has 6 heteroatoms. The van der Waals surface area contributed by atoms with E-state index >= 15 is 0 Å². The summed E-state index contributed by atoms with van der Waals surface area (Å²) in [5, 5.41) is 13.2. The molecule has 0 saturated heterocycles. The van der Waals surface area contributed by atoms with Crippen LogP contribution >= 0.6 is 0 Å². The highest BCUT2D eigenvalue weighted by atomic mass is 16.5. The molecule has 3 aromatic carbocycles. The van der Waals surface area contributed by atoms with E-state index in [1.54, 1.807) is 36.4 Å². The number of ether oxygens (including phenoxy) is 1. The Morgan fingerprint density at radius 1 is 1.10 bits per heavy atom. The van der Waals surface area contributed by atoms with Gasteiger partial charge in [0.1, 0.15) is 17.0 Å². The number of anilines is 1. The van der Waals surface area contributed by atoms with E-state index in [1.165, 1.54) is 6.07 Å². The molecule has 0 aliphatic heterocycles. The number of hydrogen-bond acceptors (Lipinski definition) is 5. The maximum atomic E-state index is 12.7. The van der Waals surface area contributed by atoms with Crippen molar-refractivity contribution in [3.8, 4) is 23.0 Å². The summed E-state index contributed by atoms with van der Waals surface area (Å²) in [6.07, 6.45) is 0. The van der Waals surface area contributed by atoms with Gasteiger partial charge in [-0.05, 0) is 80.4 Å². The zero-order chi connectivity index (χ0) is 21.3. The van der Waals surface area contributed by atoms with Gasteiger partial charge in [0.05, 0.1) is 12.2 Å². The quantitative estimate of drug-likeness (QED) is 0.433. The van der Waals surface area contributed by atoms with Crippen LogP contribution in [0.3, 0.4) is 0 Å². The minimum Gasteiger partial charge on any atom is -0.507 e. The number of benzene rings is 3. The molecule has 2 N–H and O–H groups in total. The molecule has 4 rings (SSSR count). The lowest BCUT2D eigenvalue weighted by Gasteiger charge is -2.09. The van der Waals surface area contributed by atoms with Gasteiger partial charge in [0.2, 0.25) is 5.89 Å². The Morgan fingerprint density at radius 2 is 1.90 bits per heavy atom. The van der Waals surface area contributed by atoms with Gasteiger partial charge in [-0.3, -0.25) is 4.79 Å². The zero-order valence-corrected chi connectivity index (χ0v) is 17.0. The summed E-state index contributed by atoms with van der Waals surface area (Å²) in [6.45, 7) is 6.43. The van der Waals surface area contributed by atoms with Gasteiger partial charge in [-0.15, -0.1) is 0 Å². The second kappa shape index (κ2) is 7.91. The highest BCUT2D eigenvalue weighted by Gasteiger charge is 2.15. The van der Waals surface area contributed by atoms with Gasteiger partial charge in [-0.2, -0.15) is 0 Å². The molecule has 30 heavy (non-hydrogen) atoms. The van der Waals surface area contributed by atoms with Crippen molar-refractivity contribution in [3.05, 3.63) is 71.3 Å². The van der Waals surface area contributed by atoms with Crippen LogP contribution in [-0.4, -0.2) is 22.6 Å². The Labute approximate surface area is 174 Å². The van der Waals surface area contributed by atoms with Gasteiger partial charge in [0, 0.05) is 11.3 Å². The number of aryl methyl sites for hydroxylation is 2. The van der Waals surface area contributed by atoms with Crippen LogP contribution in [0.4, 0.5) is 5.69 Å². The summed E-state index contributed by atoms with van der Waals surface area (Å²) >= 11 is 0. The number of nitrogens with zero attached hydrogens (tertiary/aromatic N) is 1. The minimum absolute atomic E-state index is 0.0198. The van der Waals surface area contributed by atoms with Crippen molar-refractivity contribution < 1.29 is 19.1 Å². The first-order chi connectivity index (χ1) is 14.4. The molecule has 1 aromatic heterocycles. The molecule has 0 saturated carbocycles. The average Bonchev–Trinajstić information content (AvgIpc) is 3.12. The van der Waals surface area contributed by atoms with Crippen molar-refractivity contribution in [3.63, 3.8) is 0 Å². The molecule has 0 spiro atoms. The summed E-state index contributed by atoms with van der Waals surface area (Å²) in [5.74, 6) is 0.666. The number of phenolic OH excluding ortho intramolecular Hbond substituents is 1. The van der Waals surface area contributed by atoms with E-state index in [1.807, 2.05) is 32.9 Å². The maximum Gasteiger partial charge on any atom is 0.255 e. The van der Waals surface area contributed by atoms with Crippen molar-refractivity contribution >= 4 is 22.7 Å². The van der Waals surface area contributed by atoms with Crippen LogP contribution in [0.25, 0.3) is 22.6 Å². The molecule has 4 aromatic rings. The molecule has 152 valence electrons. The van der Waals surface area contributed by atoms with Crippen LogP contribution in [0.15, 0.2) is 59.0 Å². The van der Waals surface area contributed by atoms with Gasteiger partial charge in [0.15, 0.2) is 5.58 Å². The largest absolute Gasteiger partial charge is 0.507 e. The summed E-state index contributed by atoms with van der Waals surface area (Å²) in [7, 11) is 0. The van der Waals surface area contributed by atoms with E-state index in [-0.39, 0.29) is 11.7 Å². The van der Waals surface area contributed by atoms with E-state index in [4.69, 9.17) is 9.15 Å². The summed E-state index contributed by atoms with van der Waals surface area (Å²) in [5.41, 5.74) is 4.98. The second-order valence-corrected chi connectivity index (χ2v) is 7.07. The molecule has 6 nitrogen and oxygen atoms in total. The number of oxazole rings is 1. The highest BCUT2D eigenvalue weighted by Crippen LogP contribution is 2.34. The third-order valence-corrected chi connectivity index (χ3v) is 4.90. The molecule has 0 atom stereocenters. The van der Waals surface area contributed by atoms with Gasteiger partial charge in [0.25, 0.3) is 5.91 Å². The van der Waals surface area contributed by atoms with Crippen molar-refractivity contribution in [2.45, 2.75) is 20.8 Å². The van der Waals surface area contributed by atoms with Crippen LogP contribution < -0.4 is 10.1 Å². The molecule has 1 heterocycles. The van der Waals surface area contributed by atoms with E-state index in [0.29, 0.717) is 40.6 Å². The Kier molecular flexibility index (Phi) is 5.14. The number of carbonyl (C=O) groups is 1. The predicted octanol–water partition coefficient (Wildman–Crippen LogP) is 5.47. The molecule has 0 aliphatic carbocycles. The lowest BCUT2D eigenvalue weighted by atomic mass is 10.1. The molecular formula is C24H22N2O4. The lowest BCUT2D eigenvalue weighted by Crippen LogP contribution is -2.12. The topological polar surface area (TPSA) is 84.6 Å². The molecule has 0 bridgehead atoms. The summed E-state index contributed by atoms with van der Waals surface area (Å²) in [6, 6.07) is 15.6. The molecule has 0 unspecified atom stereocenters. The number of nitrogens with one attached hydrogen (secondary N) is 1. The number of amides is 1. The summed E-state index contributed by atoms with van der Waals surface area (Å²) in [4.78, 5) is 17.2. The smallest absolute Gasteiger partial charge is 0.255 e. The molecular weight excluding hydrogens is 380 g/mol. The van der Waals surface area contributed by atoms with Crippen molar-refractivity contribution in [1.82, 2.24) is 4.98 Å². The third kappa shape index (κ3) is 3.85. The Morgan fingerprint density at radius 3 is 2.70 bits per heavy atom. The fraction of sp³-hybridized carbons (Fsp3) is 0.167. The van der Waals surface area contributed by atoms with Crippen LogP contribution in [0, 0.1) is 13.8 Å². The number of rotatable bonds is 5. The van der Waals surface area contributed by atoms with Crippen molar-refractivity contribution in [2.75, 3.05) is 11.9 Å². The average molecular weight is 402 g/mol. The minimum atomic E-state index is -0.281. The third-order valence-electron chi connectivity index (χ3n) is 4.90. The molecule has 0 radical (unpaired) electrons. The first-order valence-electron chi connectivity index (χ1n) is 9.70. The lowest BCUT2D eigenvalue weighted by molar-refractivity contribution is 0.102. The van der Waals surface area contributed by atoms with E-state index in [9.17, 15) is 9.90 Å². The predicted molar refractivity (Wildman–Crippen MR) is 116 cm³/mol. The number of aromatic hydroxyl groups is 1. The van der Waals surface area contributed by atoms with Crippen LogP contribution in [0.1, 0.15) is 28.4 Å². The first kappa shape index (κ1) is 19.5. The van der Waals surface area contributed by atoms with Crippen molar-refractivity contribution in [2.24, 2.45) is 0 Å².